The maximum Gasteiger partial charge on any atom is 0.0705 e. The summed E-state index contributed by atoms with van der Waals surface area (Å²) in [6.07, 6.45) is 0. The molecule has 1 heterocycles. The van der Waals surface area contributed by atoms with Gasteiger partial charge < -0.3 is 5.32 Å². The molecular weight excluding hydrogens is 290 g/mol. The molecule has 0 radical (unpaired) electrons. The Balaban J connectivity index is 2.61. The Bertz CT molecular complexity index is 573. The fourth-order valence-corrected chi connectivity index (χ4v) is 2.38. The van der Waals surface area contributed by atoms with Gasteiger partial charge in [0.2, 0.25) is 0 Å². The van der Waals surface area contributed by atoms with Crippen LogP contribution >= 0.6 is 15.9 Å². The molecule has 3 nitrogen and oxygen atoms in total. The van der Waals surface area contributed by atoms with Crippen molar-refractivity contribution in [2.75, 3.05) is 7.05 Å². The minimum Gasteiger partial charge on any atom is -0.316 e. The number of benzene rings is 1. The number of rotatable bonds is 3. The molecule has 0 unspecified atom stereocenters. The van der Waals surface area contributed by atoms with Crippen LogP contribution in [-0.2, 0) is 6.54 Å². The first kappa shape index (κ1) is 13.3. The molecule has 0 amide bonds. The lowest BCUT2D eigenvalue weighted by Crippen LogP contribution is -2.10. The predicted octanol–water partition coefficient (Wildman–Crippen LogP) is 3.28. The van der Waals surface area contributed by atoms with Gasteiger partial charge in [0.25, 0.3) is 0 Å². The number of aromatic nitrogens is 2. The van der Waals surface area contributed by atoms with E-state index in [0.29, 0.717) is 0 Å². The van der Waals surface area contributed by atoms with E-state index in [9.17, 15) is 0 Å². The summed E-state index contributed by atoms with van der Waals surface area (Å²) in [6.45, 7) is 7.11. The van der Waals surface area contributed by atoms with E-state index in [1.165, 1.54) is 16.8 Å². The van der Waals surface area contributed by atoms with Crippen molar-refractivity contribution in [2.45, 2.75) is 27.3 Å². The Hall–Kier alpha value is -1.13. The van der Waals surface area contributed by atoms with Gasteiger partial charge in [0, 0.05) is 16.7 Å². The molecule has 18 heavy (non-hydrogen) atoms. The minimum absolute atomic E-state index is 0.833. The van der Waals surface area contributed by atoms with Crippen molar-refractivity contribution in [3.8, 4) is 5.69 Å². The quantitative estimate of drug-likeness (QED) is 0.943. The number of halogens is 1. The molecule has 0 aliphatic rings. The zero-order valence-electron chi connectivity index (χ0n) is 11.2. The number of nitrogens with zero attached hydrogens (tertiary/aromatic N) is 2. The minimum atomic E-state index is 0.833. The lowest BCUT2D eigenvalue weighted by Gasteiger charge is -2.12. The largest absolute Gasteiger partial charge is 0.316 e. The van der Waals surface area contributed by atoms with Crippen LogP contribution in [0.2, 0.25) is 0 Å². The van der Waals surface area contributed by atoms with Crippen molar-refractivity contribution in [3.63, 3.8) is 0 Å². The average Bonchev–Trinajstić information content (AvgIpc) is 2.60. The normalized spacial score (nSPS) is 10.9. The van der Waals surface area contributed by atoms with Crippen molar-refractivity contribution in [3.05, 3.63) is 45.2 Å². The highest BCUT2D eigenvalue weighted by Crippen LogP contribution is 2.23. The Morgan fingerprint density at radius 3 is 2.56 bits per heavy atom. The number of hydrogen-bond acceptors (Lipinski definition) is 2. The molecule has 0 aliphatic heterocycles. The molecule has 4 heteroatoms. The molecule has 0 saturated heterocycles. The molecule has 2 aromatic rings. The fourth-order valence-electron chi connectivity index (χ4n) is 2.03. The highest BCUT2D eigenvalue weighted by atomic mass is 79.9. The van der Waals surface area contributed by atoms with Crippen molar-refractivity contribution >= 4 is 15.9 Å². The Labute approximate surface area is 116 Å². The highest BCUT2D eigenvalue weighted by Gasteiger charge is 2.12. The van der Waals surface area contributed by atoms with Gasteiger partial charge in [0.1, 0.15) is 0 Å². The molecule has 0 bridgehead atoms. The van der Waals surface area contributed by atoms with Crippen LogP contribution in [0.4, 0.5) is 0 Å². The molecule has 2 rings (SSSR count). The van der Waals surface area contributed by atoms with Crippen LogP contribution in [0.15, 0.2) is 22.7 Å². The van der Waals surface area contributed by atoms with Gasteiger partial charge in [-0.1, -0.05) is 22.0 Å². The van der Waals surface area contributed by atoms with Crippen LogP contribution in [0.3, 0.4) is 0 Å². The summed E-state index contributed by atoms with van der Waals surface area (Å²) in [7, 11) is 1.96. The van der Waals surface area contributed by atoms with Crippen molar-refractivity contribution in [1.29, 1.82) is 0 Å². The van der Waals surface area contributed by atoms with Crippen molar-refractivity contribution < 1.29 is 0 Å². The van der Waals surface area contributed by atoms with Gasteiger partial charge in [-0.05, 0) is 51.1 Å². The van der Waals surface area contributed by atoms with Crippen molar-refractivity contribution in [2.24, 2.45) is 0 Å². The SMILES string of the molecule is CNCc1ccc(Br)cc1-n1nc(C)c(C)c1C. The first-order chi connectivity index (χ1) is 8.54. The summed E-state index contributed by atoms with van der Waals surface area (Å²) in [5.74, 6) is 0. The first-order valence-electron chi connectivity index (χ1n) is 6.00. The Kier molecular flexibility index (Phi) is 3.88. The summed E-state index contributed by atoms with van der Waals surface area (Å²) >= 11 is 3.53. The van der Waals surface area contributed by atoms with E-state index in [-0.39, 0.29) is 0 Å². The van der Waals surface area contributed by atoms with Crippen LogP contribution in [0.25, 0.3) is 5.69 Å². The summed E-state index contributed by atoms with van der Waals surface area (Å²) in [4.78, 5) is 0. The topological polar surface area (TPSA) is 29.9 Å². The Morgan fingerprint density at radius 2 is 2.00 bits per heavy atom. The smallest absolute Gasteiger partial charge is 0.0705 e. The van der Waals surface area contributed by atoms with Crippen LogP contribution in [0.1, 0.15) is 22.5 Å². The number of aryl methyl sites for hydroxylation is 1. The zero-order chi connectivity index (χ0) is 13.3. The summed E-state index contributed by atoms with van der Waals surface area (Å²) in [5, 5.41) is 7.83. The predicted molar refractivity (Wildman–Crippen MR) is 78.2 cm³/mol. The van der Waals surface area contributed by atoms with E-state index < -0.39 is 0 Å². The van der Waals surface area contributed by atoms with E-state index in [1.807, 2.05) is 11.7 Å². The standard InChI is InChI=1S/C14H18BrN3/c1-9-10(2)17-18(11(9)3)14-7-13(15)6-5-12(14)8-16-4/h5-7,16H,8H2,1-4H3. The third kappa shape index (κ3) is 2.35. The molecule has 1 N–H and O–H groups in total. The molecule has 0 fully saturated rings. The fraction of sp³-hybridized carbons (Fsp3) is 0.357. The van der Waals surface area contributed by atoms with Gasteiger partial charge in [0.15, 0.2) is 0 Å². The monoisotopic (exact) mass is 307 g/mol. The number of hydrogen-bond donors (Lipinski definition) is 1. The summed E-state index contributed by atoms with van der Waals surface area (Å²) in [5.41, 5.74) is 5.91. The van der Waals surface area contributed by atoms with E-state index in [1.54, 1.807) is 0 Å². The maximum absolute atomic E-state index is 4.63. The van der Waals surface area contributed by atoms with Gasteiger partial charge in [-0.25, -0.2) is 4.68 Å². The second-order valence-electron chi connectivity index (χ2n) is 4.51. The van der Waals surface area contributed by atoms with Crippen LogP contribution in [-0.4, -0.2) is 16.8 Å². The van der Waals surface area contributed by atoms with Crippen LogP contribution in [0.5, 0.6) is 0 Å². The van der Waals surface area contributed by atoms with E-state index in [4.69, 9.17) is 0 Å². The second-order valence-corrected chi connectivity index (χ2v) is 5.43. The summed E-state index contributed by atoms with van der Waals surface area (Å²) in [6, 6.07) is 6.31. The van der Waals surface area contributed by atoms with E-state index >= 15 is 0 Å². The van der Waals surface area contributed by atoms with Gasteiger partial charge >= 0.3 is 0 Å². The third-order valence-corrected chi connectivity index (χ3v) is 3.79. The van der Waals surface area contributed by atoms with Gasteiger partial charge in [-0.3, -0.25) is 0 Å². The molecule has 1 aromatic heterocycles. The van der Waals surface area contributed by atoms with Crippen molar-refractivity contribution in [1.82, 2.24) is 15.1 Å². The van der Waals surface area contributed by atoms with E-state index in [0.717, 1.165) is 22.4 Å². The van der Waals surface area contributed by atoms with Crippen LogP contribution < -0.4 is 5.32 Å². The molecule has 1 aromatic carbocycles. The lowest BCUT2D eigenvalue weighted by molar-refractivity contribution is 0.774. The number of nitrogens with one attached hydrogen (secondary N) is 1. The molecule has 0 aliphatic carbocycles. The van der Waals surface area contributed by atoms with Gasteiger partial charge in [-0.2, -0.15) is 5.10 Å². The Morgan fingerprint density at radius 1 is 1.28 bits per heavy atom. The van der Waals surface area contributed by atoms with Gasteiger partial charge in [0.05, 0.1) is 11.4 Å². The van der Waals surface area contributed by atoms with Crippen LogP contribution in [0, 0.1) is 20.8 Å². The molecule has 0 saturated carbocycles. The average molecular weight is 308 g/mol. The first-order valence-corrected chi connectivity index (χ1v) is 6.80. The molecule has 0 atom stereocenters. The highest BCUT2D eigenvalue weighted by molar-refractivity contribution is 9.10. The summed E-state index contributed by atoms with van der Waals surface area (Å²) < 4.78 is 3.10. The molecular formula is C14H18BrN3. The van der Waals surface area contributed by atoms with E-state index in [2.05, 4.69) is 65.3 Å². The third-order valence-electron chi connectivity index (χ3n) is 3.30. The molecule has 96 valence electrons. The molecule has 0 spiro atoms. The van der Waals surface area contributed by atoms with Gasteiger partial charge in [-0.15, -0.1) is 0 Å². The maximum atomic E-state index is 4.63. The zero-order valence-corrected chi connectivity index (χ0v) is 12.8. The second kappa shape index (κ2) is 5.24. The lowest BCUT2D eigenvalue weighted by atomic mass is 10.1.